The third-order valence-electron chi connectivity index (χ3n) is 2.95. The SMILES string of the molecule is CC(C)(C)CC1C2C=CC1C=C2. The van der Waals surface area contributed by atoms with Gasteiger partial charge >= 0.3 is 0 Å². The van der Waals surface area contributed by atoms with Gasteiger partial charge in [0, 0.05) is 0 Å². The third kappa shape index (κ3) is 1.35. The van der Waals surface area contributed by atoms with Gasteiger partial charge in [-0.3, -0.25) is 0 Å². The molecule has 0 aromatic carbocycles. The van der Waals surface area contributed by atoms with Gasteiger partial charge in [0.2, 0.25) is 0 Å². The smallest absolute Gasteiger partial charge is 0.00160 e. The average Bonchev–Trinajstić information content (AvgIpc) is 2.46. The van der Waals surface area contributed by atoms with E-state index in [0.717, 1.165) is 17.8 Å². The van der Waals surface area contributed by atoms with E-state index in [1.54, 1.807) is 0 Å². The Bertz CT molecular complexity index is 197. The van der Waals surface area contributed by atoms with Crippen LogP contribution in [0.5, 0.6) is 0 Å². The molecule has 0 unspecified atom stereocenters. The van der Waals surface area contributed by atoms with Gasteiger partial charge in [-0.2, -0.15) is 0 Å². The van der Waals surface area contributed by atoms with Crippen molar-refractivity contribution in [2.24, 2.45) is 23.2 Å². The lowest BCUT2D eigenvalue weighted by Gasteiger charge is -2.26. The molecule has 0 heteroatoms. The Morgan fingerprint density at radius 2 is 1.33 bits per heavy atom. The summed E-state index contributed by atoms with van der Waals surface area (Å²) < 4.78 is 0. The van der Waals surface area contributed by atoms with Crippen molar-refractivity contribution in [1.29, 1.82) is 0 Å². The molecule has 0 aromatic rings. The maximum atomic E-state index is 2.38. The summed E-state index contributed by atoms with van der Waals surface area (Å²) in [6.07, 6.45) is 10.9. The largest absolute Gasteiger partial charge is 0.0807 e. The summed E-state index contributed by atoms with van der Waals surface area (Å²) in [4.78, 5) is 0. The molecular weight excluding hydrogens is 144 g/mol. The van der Waals surface area contributed by atoms with Gasteiger partial charge in [-0.05, 0) is 29.6 Å². The first-order valence-corrected chi connectivity index (χ1v) is 4.93. The van der Waals surface area contributed by atoms with E-state index in [-0.39, 0.29) is 0 Å². The van der Waals surface area contributed by atoms with Crippen molar-refractivity contribution in [3.63, 3.8) is 0 Å². The number of allylic oxidation sites excluding steroid dienone is 4. The zero-order valence-corrected chi connectivity index (χ0v) is 8.25. The number of rotatable bonds is 1. The maximum absolute atomic E-state index is 2.38. The highest BCUT2D eigenvalue weighted by atomic mass is 14.4. The molecule has 0 aliphatic heterocycles. The minimum Gasteiger partial charge on any atom is -0.0807 e. The van der Waals surface area contributed by atoms with Gasteiger partial charge in [-0.1, -0.05) is 45.1 Å². The van der Waals surface area contributed by atoms with E-state index in [2.05, 4.69) is 45.1 Å². The van der Waals surface area contributed by atoms with Crippen molar-refractivity contribution in [3.8, 4) is 0 Å². The Kier molecular flexibility index (Phi) is 1.67. The van der Waals surface area contributed by atoms with E-state index in [1.165, 1.54) is 6.42 Å². The monoisotopic (exact) mass is 162 g/mol. The third-order valence-corrected chi connectivity index (χ3v) is 2.95. The van der Waals surface area contributed by atoms with Gasteiger partial charge in [0.05, 0.1) is 0 Å². The van der Waals surface area contributed by atoms with Crippen LogP contribution >= 0.6 is 0 Å². The summed E-state index contributed by atoms with van der Waals surface area (Å²) in [5, 5.41) is 0. The maximum Gasteiger partial charge on any atom is -0.00160 e. The lowest BCUT2D eigenvalue weighted by molar-refractivity contribution is 0.265. The average molecular weight is 162 g/mol. The fourth-order valence-corrected chi connectivity index (χ4v) is 2.45. The Morgan fingerprint density at radius 3 is 1.67 bits per heavy atom. The van der Waals surface area contributed by atoms with E-state index in [4.69, 9.17) is 0 Å². The van der Waals surface area contributed by atoms with Crippen LogP contribution in [-0.4, -0.2) is 0 Å². The minimum absolute atomic E-state index is 0.485. The molecule has 66 valence electrons. The second kappa shape index (κ2) is 2.48. The van der Waals surface area contributed by atoms with Crippen LogP contribution in [0.4, 0.5) is 0 Å². The van der Waals surface area contributed by atoms with Gasteiger partial charge in [0.1, 0.15) is 0 Å². The summed E-state index contributed by atoms with van der Waals surface area (Å²) >= 11 is 0. The van der Waals surface area contributed by atoms with Gasteiger partial charge in [0.15, 0.2) is 0 Å². The Balaban J connectivity index is 2.02. The molecule has 0 atom stereocenters. The zero-order valence-electron chi connectivity index (χ0n) is 8.25. The molecule has 0 amide bonds. The second-order valence-corrected chi connectivity index (χ2v) is 5.35. The van der Waals surface area contributed by atoms with Crippen molar-refractivity contribution in [1.82, 2.24) is 0 Å². The lowest BCUT2D eigenvalue weighted by atomic mass is 9.79. The quantitative estimate of drug-likeness (QED) is 0.518. The highest BCUT2D eigenvalue weighted by molar-refractivity contribution is 5.25. The molecule has 0 aromatic heterocycles. The van der Waals surface area contributed by atoms with E-state index in [1.807, 2.05) is 0 Å². The van der Waals surface area contributed by atoms with Crippen LogP contribution < -0.4 is 0 Å². The zero-order chi connectivity index (χ0) is 8.77. The van der Waals surface area contributed by atoms with Crippen molar-refractivity contribution in [3.05, 3.63) is 24.3 Å². The molecule has 0 radical (unpaired) electrons. The molecule has 0 spiro atoms. The van der Waals surface area contributed by atoms with E-state index < -0.39 is 0 Å². The summed E-state index contributed by atoms with van der Waals surface area (Å²) in [5.74, 6) is 2.40. The van der Waals surface area contributed by atoms with Crippen LogP contribution in [0.25, 0.3) is 0 Å². The fourth-order valence-electron chi connectivity index (χ4n) is 2.45. The molecule has 2 aliphatic carbocycles. The number of fused-ring (bicyclic) bond motifs is 2. The normalized spacial score (nSPS) is 38.1. The first-order valence-electron chi connectivity index (χ1n) is 4.93. The van der Waals surface area contributed by atoms with E-state index in [0.29, 0.717) is 5.41 Å². The molecule has 2 rings (SSSR count). The minimum atomic E-state index is 0.485. The topological polar surface area (TPSA) is 0 Å². The lowest BCUT2D eigenvalue weighted by Crippen LogP contribution is -2.17. The summed E-state index contributed by atoms with van der Waals surface area (Å²) in [6, 6.07) is 0. The Labute approximate surface area is 75.4 Å². The van der Waals surface area contributed by atoms with Gasteiger partial charge < -0.3 is 0 Å². The van der Waals surface area contributed by atoms with Gasteiger partial charge in [-0.25, -0.2) is 0 Å². The Hall–Kier alpha value is -0.520. The van der Waals surface area contributed by atoms with Crippen molar-refractivity contribution < 1.29 is 0 Å². The van der Waals surface area contributed by atoms with Gasteiger partial charge in [-0.15, -0.1) is 0 Å². The van der Waals surface area contributed by atoms with E-state index >= 15 is 0 Å². The molecule has 12 heavy (non-hydrogen) atoms. The van der Waals surface area contributed by atoms with Crippen molar-refractivity contribution >= 4 is 0 Å². The predicted octanol–water partition coefficient (Wildman–Crippen LogP) is 3.41. The standard InChI is InChI=1S/C12H18/c1-12(2,3)8-11-9-4-5-10(11)7-6-9/h4-7,9-11H,8H2,1-3H3. The van der Waals surface area contributed by atoms with Crippen LogP contribution in [0.15, 0.2) is 24.3 Å². The van der Waals surface area contributed by atoms with Crippen molar-refractivity contribution in [2.45, 2.75) is 27.2 Å². The first kappa shape index (κ1) is 8.10. The molecule has 0 saturated heterocycles. The summed E-state index contributed by atoms with van der Waals surface area (Å²) in [7, 11) is 0. The molecule has 0 saturated carbocycles. The second-order valence-electron chi connectivity index (χ2n) is 5.35. The van der Waals surface area contributed by atoms with Crippen LogP contribution in [-0.2, 0) is 0 Å². The molecule has 0 fully saturated rings. The van der Waals surface area contributed by atoms with Crippen LogP contribution in [0.2, 0.25) is 0 Å². The van der Waals surface area contributed by atoms with Crippen LogP contribution in [0.3, 0.4) is 0 Å². The number of hydrogen-bond acceptors (Lipinski definition) is 0. The molecular formula is C12H18. The van der Waals surface area contributed by atoms with Crippen LogP contribution in [0.1, 0.15) is 27.2 Å². The highest BCUT2D eigenvalue weighted by Crippen LogP contribution is 2.44. The highest BCUT2D eigenvalue weighted by Gasteiger charge is 2.35. The predicted molar refractivity (Wildman–Crippen MR) is 52.8 cm³/mol. The fraction of sp³-hybridized carbons (Fsp3) is 0.667. The molecule has 0 N–H and O–H groups in total. The summed E-state index contributed by atoms with van der Waals surface area (Å²) in [6.45, 7) is 7.01. The van der Waals surface area contributed by atoms with Crippen LogP contribution in [0, 0.1) is 23.2 Å². The molecule has 2 aliphatic rings. The Morgan fingerprint density at radius 1 is 0.917 bits per heavy atom. The number of hydrogen-bond donors (Lipinski definition) is 0. The molecule has 0 nitrogen and oxygen atoms in total. The summed E-state index contributed by atoms with van der Waals surface area (Å²) in [5.41, 5.74) is 0.485. The van der Waals surface area contributed by atoms with Crippen molar-refractivity contribution in [2.75, 3.05) is 0 Å². The first-order chi connectivity index (χ1) is 5.56. The van der Waals surface area contributed by atoms with Gasteiger partial charge in [0.25, 0.3) is 0 Å². The molecule has 0 heterocycles. The van der Waals surface area contributed by atoms with E-state index in [9.17, 15) is 0 Å². The molecule has 2 bridgehead atoms.